The molecule has 1 aromatic carbocycles. The normalized spacial score (nSPS) is 11.6. The molecule has 0 saturated heterocycles. The van der Waals surface area contributed by atoms with Gasteiger partial charge in [0.2, 0.25) is 0 Å². The van der Waals surface area contributed by atoms with E-state index < -0.39 is 14.6 Å². The number of rotatable bonds is 1. The van der Waals surface area contributed by atoms with Gasteiger partial charge in [0.15, 0.2) is 0 Å². The summed E-state index contributed by atoms with van der Waals surface area (Å²) in [5, 5.41) is 0. The van der Waals surface area contributed by atoms with Gasteiger partial charge in [-0.05, 0) is 0 Å². The summed E-state index contributed by atoms with van der Waals surface area (Å²) < 4.78 is 27.6. The summed E-state index contributed by atoms with van der Waals surface area (Å²) >= 11 is -1.21. The summed E-state index contributed by atoms with van der Waals surface area (Å²) in [6, 6.07) is 6.26. The van der Waals surface area contributed by atoms with Crippen molar-refractivity contribution in [2.75, 3.05) is 0 Å². The fourth-order valence-corrected chi connectivity index (χ4v) is 2.06. The van der Waals surface area contributed by atoms with E-state index in [1.54, 1.807) is 12.1 Å². The molecule has 0 heterocycles. The van der Waals surface area contributed by atoms with Gasteiger partial charge in [0.05, 0.1) is 0 Å². The summed E-state index contributed by atoms with van der Waals surface area (Å²) in [4.78, 5) is 0. The molecule has 1 radical (unpaired) electrons. The van der Waals surface area contributed by atoms with Crippen LogP contribution in [-0.4, -0.2) is 26.9 Å². The van der Waals surface area contributed by atoms with E-state index >= 15 is 0 Å². The van der Waals surface area contributed by atoms with Crippen LogP contribution in [0.1, 0.15) is 0 Å². The first kappa shape index (κ1) is 9.23. The first-order valence-corrected chi connectivity index (χ1v) is 7.08. The van der Waals surface area contributed by atoms with E-state index in [0.717, 1.165) is 4.47 Å². The Kier molecular flexibility index (Phi) is 2.73. The van der Waals surface area contributed by atoms with Gasteiger partial charge in [-0.15, -0.1) is 0 Å². The minimum atomic E-state index is -4.40. The Balaban J connectivity index is 2.99. The maximum atomic E-state index is 8.85. The first-order chi connectivity index (χ1) is 5.00. The SMILES string of the molecule is O[As](O)(O)c1ccc(Br)cc1. The summed E-state index contributed by atoms with van der Waals surface area (Å²) in [6.07, 6.45) is 0. The number of hydrogen-bond donors (Lipinski definition) is 3. The Bertz CT molecular complexity index is 241. The van der Waals surface area contributed by atoms with Crippen LogP contribution in [-0.2, 0) is 0 Å². The van der Waals surface area contributed by atoms with Crippen molar-refractivity contribution in [3.05, 3.63) is 28.7 Å². The molecular weight excluding hydrogens is 275 g/mol. The van der Waals surface area contributed by atoms with Crippen molar-refractivity contribution < 1.29 is 12.3 Å². The molecule has 0 spiro atoms. The van der Waals surface area contributed by atoms with Gasteiger partial charge >= 0.3 is 75.9 Å². The predicted molar refractivity (Wildman–Crippen MR) is 46.2 cm³/mol. The molecule has 0 amide bonds. The van der Waals surface area contributed by atoms with E-state index in [2.05, 4.69) is 15.9 Å². The van der Waals surface area contributed by atoms with Gasteiger partial charge in [-0.25, -0.2) is 0 Å². The molecule has 1 rings (SSSR count). The zero-order valence-electron chi connectivity index (χ0n) is 5.48. The van der Waals surface area contributed by atoms with Gasteiger partial charge in [0.25, 0.3) is 0 Å². The molecule has 0 aliphatic rings. The van der Waals surface area contributed by atoms with Gasteiger partial charge in [0, 0.05) is 0 Å². The third-order valence-electron chi connectivity index (χ3n) is 1.17. The molecular formula is C6H7AsBrO3. The molecule has 11 heavy (non-hydrogen) atoms. The molecule has 3 N–H and O–H groups in total. The van der Waals surface area contributed by atoms with Gasteiger partial charge in [-0.2, -0.15) is 0 Å². The molecule has 0 atom stereocenters. The monoisotopic (exact) mass is 281 g/mol. The Hall–Kier alpha value is 0.138. The topological polar surface area (TPSA) is 60.7 Å². The summed E-state index contributed by atoms with van der Waals surface area (Å²) in [5.41, 5.74) is 0. The average Bonchev–Trinajstić information content (AvgIpc) is 1.86. The molecule has 0 fully saturated rings. The van der Waals surface area contributed by atoms with E-state index in [4.69, 9.17) is 12.3 Å². The van der Waals surface area contributed by atoms with Crippen LogP contribution < -0.4 is 4.35 Å². The molecule has 0 aliphatic heterocycles. The van der Waals surface area contributed by atoms with Gasteiger partial charge in [-0.3, -0.25) is 0 Å². The number of hydrogen-bond acceptors (Lipinski definition) is 3. The molecule has 0 aliphatic carbocycles. The second-order valence-electron chi connectivity index (χ2n) is 2.04. The van der Waals surface area contributed by atoms with E-state index in [1.807, 2.05) is 0 Å². The summed E-state index contributed by atoms with van der Waals surface area (Å²) in [5.74, 6) is 0. The summed E-state index contributed by atoms with van der Waals surface area (Å²) in [6.45, 7) is 0. The van der Waals surface area contributed by atoms with Crippen LogP contribution in [0.5, 0.6) is 0 Å². The maximum absolute atomic E-state index is 8.85. The molecule has 0 unspecified atom stereocenters. The van der Waals surface area contributed by atoms with Crippen LogP contribution in [0.2, 0.25) is 0 Å². The van der Waals surface area contributed by atoms with Crippen LogP contribution in [0.3, 0.4) is 0 Å². The van der Waals surface area contributed by atoms with Crippen molar-refractivity contribution >= 4 is 34.9 Å². The van der Waals surface area contributed by atoms with Crippen molar-refractivity contribution in [2.24, 2.45) is 0 Å². The molecule has 0 saturated carbocycles. The van der Waals surface area contributed by atoms with E-state index in [-0.39, 0.29) is 4.35 Å². The molecule has 61 valence electrons. The van der Waals surface area contributed by atoms with E-state index in [9.17, 15) is 0 Å². The number of benzene rings is 1. The minimum absolute atomic E-state index is 0.214. The first-order valence-electron chi connectivity index (χ1n) is 2.83. The standard InChI is InChI=1S/C6H7AsBrO3/c8-6-3-1-5(2-4-6)7(9,10)11/h1-4,9-11H. The summed E-state index contributed by atoms with van der Waals surface area (Å²) in [7, 11) is 0. The Morgan fingerprint density at radius 1 is 1.00 bits per heavy atom. The molecule has 0 bridgehead atoms. The molecule has 1 aromatic rings. The third kappa shape index (κ3) is 2.58. The third-order valence-corrected chi connectivity index (χ3v) is 3.78. The van der Waals surface area contributed by atoms with Crippen molar-refractivity contribution in [1.29, 1.82) is 0 Å². The average molecular weight is 282 g/mol. The van der Waals surface area contributed by atoms with Crippen LogP contribution in [0, 0.1) is 0 Å². The quantitative estimate of drug-likeness (QED) is 0.613. The van der Waals surface area contributed by atoms with E-state index in [0.29, 0.717) is 0 Å². The molecule has 3 nitrogen and oxygen atoms in total. The fraction of sp³-hybridized carbons (Fsp3) is 0. The van der Waals surface area contributed by atoms with Crippen molar-refractivity contribution in [3.8, 4) is 0 Å². The van der Waals surface area contributed by atoms with Crippen molar-refractivity contribution in [2.45, 2.75) is 0 Å². The van der Waals surface area contributed by atoms with Crippen LogP contribution >= 0.6 is 15.9 Å². The molecule has 5 heteroatoms. The van der Waals surface area contributed by atoms with Gasteiger partial charge in [0.1, 0.15) is 0 Å². The van der Waals surface area contributed by atoms with Gasteiger partial charge in [-0.1, -0.05) is 0 Å². The molecule has 0 aromatic heterocycles. The zero-order valence-corrected chi connectivity index (χ0v) is 8.94. The second kappa shape index (κ2) is 3.25. The van der Waals surface area contributed by atoms with E-state index in [1.165, 1.54) is 12.1 Å². The fourth-order valence-electron chi connectivity index (χ4n) is 0.641. The Morgan fingerprint density at radius 2 is 1.45 bits per heavy atom. The zero-order chi connectivity index (χ0) is 8.48. The number of halogens is 1. The van der Waals surface area contributed by atoms with Gasteiger partial charge < -0.3 is 0 Å². The Morgan fingerprint density at radius 3 is 1.82 bits per heavy atom. The Labute approximate surface area is 75.9 Å². The predicted octanol–water partition coefficient (Wildman–Crippen LogP) is -0.428. The second-order valence-corrected chi connectivity index (χ2v) is 6.43. The van der Waals surface area contributed by atoms with Crippen molar-refractivity contribution in [1.82, 2.24) is 0 Å². The van der Waals surface area contributed by atoms with Crippen LogP contribution in [0.4, 0.5) is 0 Å². The van der Waals surface area contributed by atoms with Crippen molar-refractivity contribution in [3.63, 3.8) is 0 Å². The van der Waals surface area contributed by atoms with Crippen LogP contribution in [0.25, 0.3) is 0 Å². The van der Waals surface area contributed by atoms with Crippen LogP contribution in [0.15, 0.2) is 28.7 Å².